The number of anilines is 2. The predicted octanol–water partition coefficient (Wildman–Crippen LogP) is 5.40. The largest absolute Gasteiger partial charge is 0.416 e. The molecular formula is C31H38F3N7O3. The summed E-state index contributed by atoms with van der Waals surface area (Å²) >= 11 is 0. The van der Waals surface area contributed by atoms with E-state index in [4.69, 9.17) is 10.7 Å². The highest BCUT2D eigenvalue weighted by atomic mass is 19.4. The molecule has 0 saturated heterocycles. The van der Waals surface area contributed by atoms with E-state index in [2.05, 4.69) is 29.7 Å². The SMILES string of the molecule is CNC1CCCC(c2nc(-c3ccc(C=O)cc3)c3c(N)nccn23)C1.CNc1cc(C(F)(F)F)ccn1.COCCC=O. The lowest BCUT2D eigenvalue weighted by molar-refractivity contribution is -0.137. The lowest BCUT2D eigenvalue weighted by atomic mass is 9.85. The number of carbonyl (C=O) groups excluding carboxylic acids is 2. The van der Waals surface area contributed by atoms with E-state index in [9.17, 15) is 22.8 Å². The number of nitrogens with zero attached hydrogens (tertiary/aromatic N) is 4. The molecule has 1 fully saturated rings. The normalized spacial score (nSPS) is 16.2. The van der Waals surface area contributed by atoms with Crippen molar-refractivity contribution >= 4 is 29.7 Å². The molecule has 2 unspecified atom stereocenters. The smallest absolute Gasteiger partial charge is 0.384 e. The van der Waals surface area contributed by atoms with E-state index in [1.54, 1.807) is 25.4 Å². The Balaban J connectivity index is 0.000000244. The molecule has 236 valence electrons. The summed E-state index contributed by atoms with van der Waals surface area (Å²) in [6.07, 6.45) is 7.28. The summed E-state index contributed by atoms with van der Waals surface area (Å²) in [5, 5.41) is 5.94. The first kappa shape index (κ1) is 34.1. The first-order valence-electron chi connectivity index (χ1n) is 14.2. The van der Waals surface area contributed by atoms with Crippen LogP contribution in [-0.2, 0) is 15.7 Å². The number of hydrogen-bond donors (Lipinski definition) is 3. The molecule has 0 aliphatic heterocycles. The Morgan fingerprint density at radius 1 is 1.09 bits per heavy atom. The quantitative estimate of drug-likeness (QED) is 0.176. The van der Waals surface area contributed by atoms with Gasteiger partial charge in [-0.05, 0) is 38.4 Å². The first-order valence-corrected chi connectivity index (χ1v) is 14.2. The van der Waals surface area contributed by atoms with E-state index in [1.165, 1.54) is 19.9 Å². The van der Waals surface area contributed by atoms with Crippen LogP contribution < -0.4 is 16.4 Å². The van der Waals surface area contributed by atoms with E-state index in [0.717, 1.165) is 66.3 Å². The molecule has 13 heteroatoms. The molecule has 0 spiro atoms. The van der Waals surface area contributed by atoms with Gasteiger partial charge in [0.05, 0.1) is 12.2 Å². The second-order valence-electron chi connectivity index (χ2n) is 10.1. The van der Waals surface area contributed by atoms with Crippen LogP contribution in [0.1, 0.15) is 59.8 Å². The molecule has 1 saturated carbocycles. The van der Waals surface area contributed by atoms with Gasteiger partial charge in [0, 0.05) is 62.3 Å². The number of fused-ring (bicyclic) bond motifs is 1. The number of methoxy groups -OCH3 is 1. The van der Waals surface area contributed by atoms with Crippen molar-refractivity contribution in [1.29, 1.82) is 0 Å². The van der Waals surface area contributed by atoms with Gasteiger partial charge in [-0.15, -0.1) is 0 Å². The molecule has 4 N–H and O–H groups in total. The monoisotopic (exact) mass is 613 g/mol. The van der Waals surface area contributed by atoms with Crippen LogP contribution in [0.15, 0.2) is 55.0 Å². The van der Waals surface area contributed by atoms with Crippen LogP contribution >= 0.6 is 0 Å². The van der Waals surface area contributed by atoms with Crippen molar-refractivity contribution in [2.75, 3.05) is 38.9 Å². The number of nitrogens with one attached hydrogen (secondary N) is 2. The lowest BCUT2D eigenvalue weighted by Gasteiger charge is -2.28. The number of aldehydes is 2. The maximum atomic E-state index is 12.0. The molecule has 44 heavy (non-hydrogen) atoms. The molecule has 0 bridgehead atoms. The van der Waals surface area contributed by atoms with Gasteiger partial charge in [0.2, 0.25) is 0 Å². The van der Waals surface area contributed by atoms with Gasteiger partial charge in [0.15, 0.2) is 0 Å². The fourth-order valence-corrected chi connectivity index (χ4v) is 4.89. The molecule has 3 heterocycles. The van der Waals surface area contributed by atoms with E-state index in [0.29, 0.717) is 36.4 Å². The van der Waals surface area contributed by atoms with Gasteiger partial charge in [0.1, 0.15) is 41.2 Å². The molecular weight excluding hydrogens is 575 g/mol. The van der Waals surface area contributed by atoms with Crippen molar-refractivity contribution in [2.24, 2.45) is 0 Å². The van der Waals surface area contributed by atoms with Gasteiger partial charge in [-0.25, -0.2) is 15.0 Å². The van der Waals surface area contributed by atoms with Crippen LogP contribution in [0.25, 0.3) is 16.8 Å². The fourth-order valence-electron chi connectivity index (χ4n) is 4.89. The summed E-state index contributed by atoms with van der Waals surface area (Å²) in [5.74, 6) is 2.12. The Morgan fingerprint density at radius 3 is 2.43 bits per heavy atom. The molecule has 0 radical (unpaired) electrons. The lowest BCUT2D eigenvalue weighted by Crippen LogP contribution is -2.31. The Morgan fingerprint density at radius 2 is 1.84 bits per heavy atom. The number of nitrogens with two attached hydrogens (primary N) is 1. The van der Waals surface area contributed by atoms with Gasteiger partial charge in [-0.3, -0.25) is 9.20 Å². The second kappa shape index (κ2) is 16.5. The Labute approximate surface area is 254 Å². The minimum absolute atomic E-state index is 0.213. The molecule has 4 aromatic rings. The topological polar surface area (TPSA) is 137 Å². The molecule has 2 atom stereocenters. The van der Waals surface area contributed by atoms with Gasteiger partial charge in [-0.1, -0.05) is 30.7 Å². The summed E-state index contributed by atoms with van der Waals surface area (Å²) < 4.78 is 42.8. The maximum Gasteiger partial charge on any atom is 0.416 e. The number of pyridine rings is 1. The minimum atomic E-state index is -4.30. The molecule has 1 aliphatic carbocycles. The van der Waals surface area contributed by atoms with Gasteiger partial charge in [-0.2, -0.15) is 13.2 Å². The van der Waals surface area contributed by atoms with Crippen molar-refractivity contribution < 1.29 is 27.5 Å². The zero-order valence-corrected chi connectivity index (χ0v) is 25.0. The number of ether oxygens (including phenoxy) is 1. The first-order chi connectivity index (χ1) is 21.2. The summed E-state index contributed by atoms with van der Waals surface area (Å²) in [7, 11) is 5.12. The summed E-state index contributed by atoms with van der Waals surface area (Å²) in [4.78, 5) is 33.3. The van der Waals surface area contributed by atoms with E-state index in [-0.39, 0.29) is 5.82 Å². The standard InChI is InChI=1S/C20H23N5O.C7H7F3N2.C4H8O2/c1-22-16-4-2-3-15(11-16)20-24-17(14-7-5-13(12-26)6-8-14)18-19(21)23-9-10-25(18)20;1-11-6-4-5(2-3-12-6)7(8,9)10;1-6-4-2-3-5/h5-10,12,15-16,22H,2-4,11H2,1H3,(H2,21,23);2-4H,1H3,(H,11,12);3H,2,4H2,1H3. The third-order valence-electron chi connectivity index (χ3n) is 7.16. The highest BCUT2D eigenvalue weighted by Gasteiger charge is 2.30. The third-order valence-corrected chi connectivity index (χ3v) is 7.16. The Kier molecular flexibility index (Phi) is 12.8. The average molecular weight is 614 g/mol. The predicted molar refractivity (Wildman–Crippen MR) is 164 cm³/mol. The van der Waals surface area contributed by atoms with Crippen molar-refractivity contribution in [3.05, 3.63) is 71.9 Å². The number of rotatable bonds is 8. The molecule has 1 aromatic carbocycles. The minimum Gasteiger partial charge on any atom is -0.384 e. The molecule has 0 amide bonds. The van der Waals surface area contributed by atoms with Gasteiger partial charge < -0.3 is 25.9 Å². The maximum absolute atomic E-state index is 12.0. The van der Waals surface area contributed by atoms with Crippen LogP contribution in [0.4, 0.5) is 24.8 Å². The number of hydrogen-bond acceptors (Lipinski definition) is 9. The number of benzene rings is 1. The summed E-state index contributed by atoms with van der Waals surface area (Å²) in [6, 6.07) is 9.85. The second-order valence-corrected chi connectivity index (χ2v) is 10.1. The van der Waals surface area contributed by atoms with Crippen LogP contribution in [-0.4, -0.2) is 65.8 Å². The third kappa shape index (κ3) is 9.07. The molecule has 1 aliphatic rings. The fraction of sp³-hybridized carbons (Fsp3) is 0.387. The van der Waals surface area contributed by atoms with Crippen molar-refractivity contribution in [1.82, 2.24) is 24.7 Å². The number of nitrogen functional groups attached to an aromatic ring is 1. The highest BCUT2D eigenvalue weighted by Crippen LogP contribution is 2.36. The molecule has 3 aromatic heterocycles. The van der Waals surface area contributed by atoms with Gasteiger partial charge in [0.25, 0.3) is 0 Å². The Hall–Kier alpha value is -4.36. The molecule has 10 nitrogen and oxygen atoms in total. The number of halogens is 3. The van der Waals surface area contributed by atoms with E-state index in [1.807, 2.05) is 25.4 Å². The number of imidazole rings is 1. The van der Waals surface area contributed by atoms with Gasteiger partial charge >= 0.3 is 6.18 Å². The average Bonchev–Trinajstić information content (AvgIpc) is 3.45. The van der Waals surface area contributed by atoms with Crippen LogP contribution in [0.2, 0.25) is 0 Å². The van der Waals surface area contributed by atoms with Crippen LogP contribution in [0.5, 0.6) is 0 Å². The number of alkyl halides is 3. The van der Waals surface area contributed by atoms with E-state index < -0.39 is 11.7 Å². The van der Waals surface area contributed by atoms with Crippen molar-refractivity contribution in [2.45, 2.75) is 50.2 Å². The summed E-state index contributed by atoms with van der Waals surface area (Å²) in [5.41, 5.74) is 8.77. The zero-order valence-electron chi connectivity index (χ0n) is 25.0. The number of carbonyl (C=O) groups is 2. The summed E-state index contributed by atoms with van der Waals surface area (Å²) in [6.45, 7) is 0.545. The van der Waals surface area contributed by atoms with Crippen LogP contribution in [0, 0.1) is 0 Å². The van der Waals surface area contributed by atoms with Crippen LogP contribution in [0.3, 0.4) is 0 Å². The highest BCUT2D eigenvalue weighted by molar-refractivity contribution is 5.86. The van der Waals surface area contributed by atoms with E-state index >= 15 is 0 Å². The van der Waals surface area contributed by atoms with Crippen molar-refractivity contribution in [3.8, 4) is 11.3 Å². The number of aromatic nitrogens is 4. The molecule has 5 rings (SSSR count). The zero-order chi connectivity index (χ0) is 32.1. The Bertz CT molecular complexity index is 1490. The van der Waals surface area contributed by atoms with Crippen molar-refractivity contribution in [3.63, 3.8) is 0 Å².